The SMILES string of the molecule is CC[C@@H](NC(=O)c1ccc(CNC(=O)[C@H]2CCCO2)cc1)C(=O)OC. The normalized spacial score (nSPS) is 17.6. The Bertz CT molecular complexity index is 608. The van der Waals surface area contributed by atoms with Gasteiger partial charge in [-0.2, -0.15) is 0 Å². The Hall–Kier alpha value is -2.41. The largest absolute Gasteiger partial charge is 0.467 e. The van der Waals surface area contributed by atoms with Crippen LogP contribution in [0.1, 0.15) is 42.1 Å². The number of benzene rings is 1. The molecule has 1 saturated heterocycles. The summed E-state index contributed by atoms with van der Waals surface area (Å²) in [7, 11) is 1.29. The lowest BCUT2D eigenvalue weighted by Crippen LogP contribution is -2.41. The van der Waals surface area contributed by atoms with Gasteiger partial charge in [0.1, 0.15) is 12.1 Å². The smallest absolute Gasteiger partial charge is 0.328 e. The summed E-state index contributed by atoms with van der Waals surface area (Å²) in [6.07, 6.45) is 1.76. The summed E-state index contributed by atoms with van der Waals surface area (Å²) < 4.78 is 9.98. The molecule has 7 nitrogen and oxygen atoms in total. The standard InChI is InChI=1S/C18H24N2O5/c1-3-14(18(23)24-2)20-16(21)13-8-6-12(7-9-13)11-19-17(22)15-5-4-10-25-15/h6-9,14-15H,3-5,10-11H2,1-2H3,(H,19,22)(H,20,21)/t14-,15-/m1/s1. The Morgan fingerprint density at radius 2 is 2.00 bits per heavy atom. The number of esters is 1. The molecule has 2 rings (SSSR count). The third-order valence-electron chi connectivity index (χ3n) is 4.10. The molecule has 0 spiro atoms. The zero-order valence-electron chi connectivity index (χ0n) is 14.5. The van der Waals surface area contributed by atoms with Gasteiger partial charge in [-0.1, -0.05) is 19.1 Å². The monoisotopic (exact) mass is 348 g/mol. The Labute approximate surface area is 147 Å². The van der Waals surface area contributed by atoms with Gasteiger partial charge in [0.2, 0.25) is 5.91 Å². The third-order valence-corrected chi connectivity index (χ3v) is 4.10. The van der Waals surface area contributed by atoms with Gasteiger partial charge in [0, 0.05) is 18.7 Å². The van der Waals surface area contributed by atoms with Crippen LogP contribution < -0.4 is 10.6 Å². The van der Waals surface area contributed by atoms with Gasteiger partial charge in [-0.05, 0) is 37.0 Å². The number of rotatable bonds is 7. The highest BCUT2D eigenvalue weighted by atomic mass is 16.5. The fourth-order valence-electron chi connectivity index (χ4n) is 2.57. The average Bonchev–Trinajstić information content (AvgIpc) is 3.18. The van der Waals surface area contributed by atoms with Crippen molar-refractivity contribution >= 4 is 17.8 Å². The van der Waals surface area contributed by atoms with Crippen LogP contribution in [0.4, 0.5) is 0 Å². The van der Waals surface area contributed by atoms with Gasteiger partial charge in [0.25, 0.3) is 5.91 Å². The van der Waals surface area contributed by atoms with Crippen molar-refractivity contribution < 1.29 is 23.9 Å². The first kappa shape index (κ1) is 18.9. The minimum absolute atomic E-state index is 0.108. The fraction of sp³-hybridized carbons (Fsp3) is 0.500. The average molecular weight is 348 g/mol. The second kappa shape index (κ2) is 9.17. The minimum Gasteiger partial charge on any atom is -0.467 e. The Balaban J connectivity index is 1.87. The molecule has 1 fully saturated rings. The molecule has 1 aromatic carbocycles. The molecule has 1 aliphatic rings. The molecule has 0 bridgehead atoms. The number of nitrogens with one attached hydrogen (secondary N) is 2. The molecule has 136 valence electrons. The van der Waals surface area contributed by atoms with Crippen molar-refractivity contribution in [3.63, 3.8) is 0 Å². The molecule has 1 aromatic rings. The van der Waals surface area contributed by atoms with Crippen LogP contribution in [0.25, 0.3) is 0 Å². The molecule has 25 heavy (non-hydrogen) atoms. The fourth-order valence-corrected chi connectivity index (χ4v) is 2.57. The van der Waals surface area contributed by atoms with E-state index in [0.717, 1.165) is 18.4 Å². The van der Waals surface area contributed by atoms with Crippen molar-refractivity contribution in [1.29, 1.82) is 0 Å². The minimum atomic E-state index is -0.664. The van der Waals surface area contributed by atoms with Crippen LogP contribution in [0.2, 0.25) is 0 Å². The van der Waals surface area contributed by atoms with E-state index >= 15 is 0 Å². The van der Waals surface area contributed by atoms with E-state index in [1.54, 1.807) is 31.2 Å². The van der Waals surface area contributed by atoms with Crippen LogP contribution in [-0.4, -0.2) is 43.6 Å². The zero-order valence-corrected chi connectivity index (χ0v) is 14.5. The van der Waals surface area contributed by atoms with Gasteiger partial charge in [0.15, 0.2) is 0 Å². The van der Waals surface area contributed by atoms with Crippen LogP contribution in [0.3, 0.4) is 0 Å². The molecule has 2 N–H and O–H groups in total. The highest BCUT2D eigenvalue weighted by Crippen LogP contribution is 2.12. The van der Waals surface area contributed by atoms with Crippen molar-refractivity contribution in [2.24, 2.45) is 0 Å². The number of methoxy groups -OCH3 is 1. The molecule has 2 amide bonds. The second-order valence-corrected chi connectivity index (χ2v) is 5.87. The van der Waals surface area contributed by atoms with E-state index in [1.165, 1.54) is 7.11 Å². The van der Waals surface area contributed by atoms with Crippen molar-refractivity contribution in [2.45, 2.75) is 44.9 Å². The van der Waals surface area contributed by atoms with Gasteiger partial charge in [-0.25, -0.2) is 4.79 Å². The maximum Gasteiger partial charge on any atom is 0.328 e. The predicted octanol–water partition coefficient (Wildman–Crippen LogP) is 1.16. The maximum absolute atomic E-state index is 12.2. The van der Waals surface area contributed by atoms with Crippen molar-refractivity contribution in [3.8, 4) is 0 Å². The molecular formula is C18H24N2O5. The number of hydrogen-bond acceptors (Lipinski definition) is 5. The topological polar surface area (TPSA) is 93.7 Å². The van der Waals surface area contributed by atoms with Gasteiger partial charge < -0.3 is 20.1 Å². The van der Waals surface area contributed by atoms with Gasteiger partial charge in [-0.15, -0.1) is 0 Å². The van der Waals surface area contributed by atoms with Crippen LogP contribution in [0.15, 0.2) is 24.3 Å². The van der Waals surface area contributed by atoms with E-state index in [1.807, 2.05) is 0 Å². The van der Waals surface area contributed by atoms with E-state index in [2.05, 4.69) is 15.4 Å². The molecule has 1 aliphatic heterocycles. The number of amides is 2. The Morgan fingerprint density at radius 1 is 1.28 bits per heavy atom. The molecule has 0 radical (unpaired) electrons. The zero-order chi connectivity index (χ0) is 18.2. The summed E-state index contributed by atoms with van der Waals surface area (Å²) in [6, 6.07) is 6.19. The van der Waals surface area contributed by atoms with E-state index < -0.39 is 12.0 Å². The molecule has 0 aromatic heterocycles. The lowest BCUT2D eigenvalue weighted by molar-refractivity contribution is -0.143. The molecule has 0 unspecified atom stereocenters. The van der Waals surface area contributed by atoms with Gasteiger partial charge in [-0.3, -0.25) is 9.59 Å². The number of ether oxygens (including phenoxy) is 2. The molecular weight excluding hydrogens is 324 g/mol. The van der Waals surface area contributed by atoms with E-state index in [9.17, 15) is 14.4 Å². The van der Waals surface area contributed by atoms with Crippen molar-refractivity contribution in [1.82, 2.24) is 10.6 Å². The quantitative estimate of drug-likeness (QED) is 0.721. The third kappa shape index (κ3) is 5.29. The molecule has 1 heterocycles. The molecule has 0 aliphatic carbocycles. The van der Waals surface area contributed by atoms with Crippen LogP contribution in [0.5, 0.6) is 0 Å². The number of carbonyl (C=O) groups is 3. The van der Waals surface area contributed by atoms with Gasteiger partial charge in [0.05, 0.1) is 7.11 Å². The Kier molecular flexibility index (Phi) is 6.94. The summed E-state index contributed by atoms with van der Waals surface area (Å²) in [4.78, 5) is 35.6. The lowest BCUT2D eigenvalue weighted by Gasteiger charge is -2.14. The summed E-state index contributed by atoms with van der Waals surface area (Å²) in [5.74, 6) is -0.917. The lowest BCUT2D eigenvalue weighted by atomic mass is 10.1. The first-order valence-corrected chi connectivity index (χ1v) is 8.42. The van der Waals surface area contributed by atoms with Crippen LogP contribution in [0, 0.1) is 0 Å². The molecule has 2 atom stereocenters. The first-order valence-electron chi connectivity index (χ1n) is 8.42. The van der Waals surface area contributed by atoms with Crippen LogP contribution in [-0.2, 0) is 25.6 Å². The van der Waals surface area contributed by atoms with Crippen molar-refractivity contribution in [3.05, 3.63) is 35.4 Å². The Morgan fingerprint density at radius 3 is 2.56 bits per heavy atom. The number of carbonyl (C=O) groups excluding carboxylic acids is 3. The summed E-state index contributed by atoms with van der Waals surface area (Å²) >= 11 is 0. The molecule has 0 saturated carbocycles. The highest BCUT2D eigenvalue weighted by molar-refractivity contribution is 5.96. The van der Waals surface area contributed by atoms with E-state index in [-0.39, 0.29) is 17.9 Å². The second-order valence-electron chi connectivity index (χ2n) is 5.87. The highest BCUT2D eigenvalue weighted by Gasteiger charge is 2.23. The van der Waals surface area contributed by atoms with Crippen LogP contribution >= 0.6 is 0 Å². The van der Waals surface area contributed by atoms with Crippen molar-refractivity contribution in [2.75, 3.05) is 13.7 Å². The van der Waals surface area contributed by atoms with E-state index in [0.29, 0.717) is 25.1 Å². The van der Waals surface area contributed by atoms with Gasteiger partial charge >= 0.3 is 5.97 Å². The maximum atomic E-state index is 12.2. The molecule has 7 heteroatoms. The first-order chi connectivity index (χ1) is 12.0. The summed E-state index contributed by atoms with van der Waals surface area (Å²) in [5, 5.41) is 5.47. The predicted molar refractivity (Wildman–Crippen MR) is 90.8 cm³/mol. The van der Waals surface area contributed by atoms with E-state index in [4.69, 9.17) is 4.74 Å². The summed E-state index contributed by atoms with van der Waals surface area (Å²) in [6.45, 7) is 2.80. The summed E-state index contributed by atoms with van der Waals surface area (Å²) in [5.41, 5.74) is 1.32. The number of hydrogen-bond donors (Lipinski definition) is 2.